The molecule has 0 radical (unpaired) electrons. The quantitative estimate of drug-likeness (QED) is 0.817. The summed E-state index contributed by atoms with van der Waals surface area (Å²) >= 11 is 0. The second-order valence-corrected chi connectivity index (χ2v) is 3.87. The first-order valence-corrected chi connectivity index (χ1v) is 5.44. The van der Waals surface area contributed by atoms with Crippen LogP contribution in [0.15, 0.2) is 24.4 Å². The predicted molar refractivity (Wildman–Crippen MR) is 66.1 cm³/mol. The van der Waals surface area contributed by atoms with E-state index in [-0.39, 0.29) is 0 Å². The minimum Gasteiger partial charge on any atom is -0.464 e. The number of ether oxygens (including phenoxy) is 1. The maximum atomic E-state index is 11.6. The van der Waals surface area contributed by atoms with Gasteiger partial charge in [0, 0.05) is 23.5 Å². The summed E-state index contributed by atoms with van der Waals surface area (Å²) in [6, 6.07) is 5.36. The summed E-state index contributed by atoms with van der Waals surface area (Å²) in [7, 11) is 1.33. The molecule has 18 heavy (non-hydrogen) atoms. The first kappa shape index (κ1) is 12.1. The minimum absolute atomic E-state index is 0.300. The van der Waals surface area contributed by atoms with Crippen LogP contribution in [0.25, 0.3) is 0 Å². The predicted octanol–water partition coefficient (Wildman–Crippen LogP) is 1.00. The molecule has 0 bridgehead atoms. The largest absolute Gasteiger partial charge is 0.464 e. The van der Waals surface area contributed by atoms with Crippen molar-refractivity contribution in [3.63, 3.8) is 0 Å². The molecular weight excluding hydrogens is 232 g/mol. The van der Waals surface area contributed by atoms with E-state index in [1.807, 2.05) is 13.0 Å². The van der Waals surface area contributed by atoms with Gasteiger partial charge in [-0.1, -0.05) is 6.07 Å². The first-order chi connectivity index (χ1) is 8.61. The summed E-state index contributed by atoms with van der Waals surface area (Å²) in [5, 5.41) is 4.15. The zero-order chi connectivity index (χ0) is 13.1. The van der Waals surface area contributed by atoms with Crippen LogP contribution in [0.3, 0.4) is 0 Å². The van der Waals surface area contributed by atoms with Crippen molar-refractivity contribution in [1.82, 2.24) is 14.8 Å². The van der Waals surface area contributed by atoms with E-state index in [1.165, 1.54) is 7.11 Å². The van der Waals surface area contributed by atoms with Crippen molar-refractivity contribution in [2.75, 3.05) is 12.8 Å². The zero-order valence-corrected chi connectivity index (χ0v) is 10.3. The smallest absolute Gasteiger partial charge is 0.357 e. The average Bonchev–Trinajstić information content (AvgIpc) is 2.67. The topological polar surface area (TPSA) is 83.0 Å². The van der Waals surface area contributed by atoms with E-state index in [2.05, 4.69) is 10.1 Å². The van der Waals surface area contributed by atoms with Gasteiger partial charge < -0.3 is 10.5 Å². The maximum Gasteiger partial charge on any atom is 0.357 e. The Labute approximate surface area is 104 Å². The van der Waals surface area contributed by atoms with E-state index in [0.717, 1.165) is 11.3 Å². The molecule has 0 unspecified atom stereocenters. The van der Waals surface area contributed by atoms with Crippen LogP contribution < -0.4 is 5.73 Å². The van der Waals surface area contributed by atoms with Crippen molar-refractivity contribution in [3.05, 3.63) is 41.3 Å². The first-order valence-electron chi connectivity index (χ1n) is 5.44. The third-order valence-electron chi connectivity index (χ3n) is 2.59. The standard InChI is InChI=1S/C12H14N4O2/c1-8-6-10(13)15-16(8)7-9-4-3-5-14-11(9)12(17)18-2/h3-6H,7H2,1-2H3,(H2,13,15). The monoisotopic (exact) mass is 246 g/mol. The number of hydrogen-bond acceptors (Lipinski definition) is 5. The Morgan fingerprint density at radius 3 is 2.94 bits per heavy atom. The molecular formula is C12H14N4O2. The molecule has 0 aliphatic carbocycles. The number of rotatable bonds is 3. The summed E-state index contributed by atoms with van der Waals surface area (Å²) in [5.41, 5.74) is 7.59. The molecule has 2 aromatic rings. The number of nitrogens with two attached hydrogens (primary N) is 1. The SMILES string of the molecule is COC(=O)c1ncccc1Cn1nc(N)cc1C. The molecule has 0 aliphatic rings. The third kappa shape index (κ3) is 2.32. The fourth-order valence-corrected chi connectivity index (χ4v) is 1.70. The van der Waals surface area contributed by atoms with Crippen molar-refractivity contribution >= 4 is 11.8 Å². The van der Waals surface area contributed by atoms with E-state index in [4.69, 9.17) is 10.5 Å². The van der Waals surface area contributed by atoms with Crippen LogP contribution in [-0.4, -0.2) is 27.8 Å². The molecule has 94 valence electrons. The number of carbonyl (C=O) groups excluding carboxylic acids is 1. The van der Waals surface area contributed by atoms with Crippen LogP contribution in [0.2, 0.25) is 0 Å². The Morgan fingerprint density at radius 2 is 2.33 bits per heavy atom. The molecule has 0 aliphatic heterocycles. The highest BCUT2D eigenvalue weighted by atomic mass is 16.5. The number of methoxy groups -OCH3 is 1. The van der Waals surface area contributed by atoms with Gasteiger partial charge in [0.15, 0.2) is 5.69 Å². The number of nitrogen functional groups attached to an aromatic ring is 1. The summed E-state index contributed by atoms with van der Waals surface area (Å²) in [6.07, 6.45) is 1.56. The Kier molecular flexibility index (Phi) is 3.27. The number of hydrogen-bond donors (Lipinski definition) is 1. The van der Waals surface area contributed by atoms with Gasteiger partial charge in [0.25, 0.3) is 0 Å². The van der Waals surface area contributed by atoms with Crippen molar-refractivity contribution in [2.24, 2.45) is 0 Å². The summed E-state index contributed by atoms with van der Waals surface area (Å²) in [5.74, 6) is -0.000565. The maximum absolute atomic E-state index is 11.6. The summed E-state index contributed by atoms with van der Waals surface area (Å²) in [6.45, 7) is 2.33. The van der Waals surface area contributed by atoms with E-state index < -0.39 is 5.97 Å². The van der Waals surface area contributed by atoms with Crippen LogP contribution in [0.5, 0.6) is 0 Å². The Morgan fingerprint density at radius 1 is 1.56 bits per heavy atom. The molecule has 0 amide bonds. The van der Waals surface area contributed by atoms with Gasteiger partial charge in [0.2, 0.25) is 0 Å². The summed E-state index contributed by atoms with van der Waals surface area (Å²) in [4.78, 5) is 15.6. The van der Waals surface area contributed by atoms with Crippen LogP contribution in [0.4, 0.5) is 5.82 Å². The van der Waals surface area contributed by atoms with Crippen LogP contribution in [0.1, 0.15) is 21.7 Å². The van der Waals surface area contributed by atoms with Crippen LogP contribution in [0, 0.1) is 6.92 Å². The number of aromatic nitrogens is 3. The molecule has 0 saturated carbocycles. The average molecular weight is 246 g/mol. The molecule has 2 N–H and O–H groups in total. The van der Waals surface area contributed by atoms with Crippen LogP contribution >= 0.6 is 0 Å². The Balaban J connectivity index is 2.34. The van der Waals surface area contributed by atoms with Crippen molar-refractivity contribution in [3.8, 4) is 0 Å². The lowest BCUT2D eigenvalue weighted by molar-refractivity contribution is 0.0592. The van der Waals surface area contributed by atoms with Crippen LogP contribution in [-0.2, 0) is 11.3 Å². The van der Waals surface area contributed by atoms with Gasteiger partial charge in [-0.2, -0.15) is 5.10 Å². The summed E-state index contributed by atoms with van der Waals surface area (Å²) < 4.78 is 6.42. The molecule has 0 saturated heterocycles. The normalized spacial score (nSPS) is 10.3. The second-order valence-electron chi connectivity index (χ2n) is 3.87. The number of pyridine rings is 1. The number of anilines is 1. The van der Waals surface area contributed by atoms with E-state index in [9.17, 15) is 4.79 Å². The number of aryl methyl sites for hydroxylation is 1. The van der Waals surface area contributed by atoms with Crippen molar-refractivity contribution < 1.29 is 9.53 Å². The fraction of sp³-hybridized carbons (Fsp3) is 0.250. The van der Waals surface area contributed by atoms with Crippen molar-refractivity contribution in [1.29, 1.82) is 0 Å². The lowest BCUT2D eigenvalue weighted by Crippen LogP contribution is -2.12. The van der Waals surface area contributed by atoms with Gasteiger partial charge in [-0.3, -0.25) is 4.68 Å². The van der Waals surface area contributed by atoms with E-state index in [1.54, 1.807) is 23.0 Å². The van der Waals surface area contributed by atoms with Crippen molar-refractivity contribution in [2.45, 2.75) is 13.5 Å². The van der Waals surface area contributed by atoms with Gasteiger partial charge in [-0.25, -0.2) is 9.78 Å². The fourth-order valence-electron chi connectivity index (χ4n) is 1.70. The van der Waals surface area contributed by atoms with Gasteiger partial charge >= 0.3 is 5.97 Å². The van der Waals surface area contributed by atoms with Gasteiger partial charge in [0.1, 0.15) is 5.82 Å². The van der Waals surface area contributed by atoms with Gasteiger partial charge in [-0.05, 0) is 13.0 Å². The van der Waals surface area contributed by atoms with Gasteiger partial charge in [0.05, 0.1) is 13.7 Å². The molecule has 0 aromatic carbocycles. The molecule has 0 fully saturated rings. The number of esters is 1. The van der Waals surface area contributed by atoms with Gasteiger partial charge in [-0.15, -0.1) is 0 Å². The van der Waals surface area contributed by atoms with E-state index >= 15 is 0 Å². The highest BCUT2D eigenvalue weighted by molar-refractivity contribution is 5.88. The highest BCUT2D eigenvalue weighted by Crippen LogP contribution is 2.12. The third-order valence-corrected chi connectivity index (χ3v) is 2.59. The molecule has 6 nitrogen and oxygen atoms in total. The molecule has 0 spiro atoms. The Bertz CT molecular complexity index is 577. The molecule has 0 atom stereocenters. The number of carbonyl (C=O) groups is 1. The lowest BCUT2D eigenvalue weighted by atomic mass is 10.2. The highest BCUT2D eigenvalue weighted by Gasteiger charge is 2.14. The molecule has 2 rings (SSSR count). The number of nitrogens with zero attached hydrogens (tertiary/aromatic N) is 3. The minimum atomic E-state index is -0.455. The zero-order valence-electron chi connectivity index (χ0n) is 10.3. The molecule has 2 aromatic heterocycles. The van der Waals surface area contributed by atoms with E-state index in [0.29, 0.717) is 18.1 Å². The second kappa shape index (κ2) is 4.87. The molecule has 6 heteroatoms. The molecule has 2 heterocycles. The Hall–Kier alpha value is -2.37. The lowest BCUT2D eigenvalue weighted by Gasteiger charge is -2.08.